The van der Waals surface area contributed by atoms with Gasteiger partial charge in [0.2, 0.25) is 5.88 Å². The maximum Gasteiger partial charge on any atom is 0.335 e. The number of ether oxygens (including phenoxy) is 2. The quantitative estimate of drug-likeness (QED) is 0.241. The van der Waals surface area contributed by atoms with Crippen LogP contribution in [0.4, 0.5) is 4.39 Å². The fraction of sp³-hybridized carbons (Fsp3) is 0.333. The van der Waals surface area contributed by atoms with Crippen molar-refractivity contribution in [3.63, 3.8) is 0 Å². The molecule has 3 aromatic heterocycles. The van der Waals surface area contributed by atoms with Gasteiger partial charge >= 0.3 is 5.97 Å². The zero-order valence-electron chi connectivity index (χ0n) is 23.7. The van der Waals surface area contributed by atoms with Crippen LogP contribution in [0.3, 0.4) is 0 Å². The highest BCUT2D eigenvalue weighted by Crippen LogP contribution is 2.30. The van der Waals surface area contributed by atoms with Crippen molar-refractivity contribution in [2.75, 3.05) is 19.7 Å². The molecule has 0 saturated carbocycles. The van der Waals surface area contributed by atoms with Gasteiger partial charge in [0, 0.05) is 35.2 Å². The molecule has 0 radical (unpaired) electrons. The number of carboxylic acids is 1. The summed E-state index contributed by atoms with van der Waals surface area (Å²) < 4.78 is 28.4. The van der Waals surface area contributed by atoms with Crippen molar-refractivity contribution in [1.29, 1.82) is 0 Å². The zero-order valence-corrected chi connectivity index (χ0v) is 23.7. The molecule has 43 heavy (non-hydrogen) atoms. The molecular weight excluding hydrogens is 549 g/mol. The molecule has 220 valence electrons. The first-order chi connectivity index (χ1) is 21.0. The minimum Gasteiger partial charge on any atom is -0.478 e. The molecule has 2 aliphatic rings. The summed E-state index contributed by atoms with van der Waals surface area (Å²) in [7, 11) is 0. The first-order valence-electron chi connectivity index (χ1n) is 14.7. The Kier molecular flexibility index (Phi) is 7.46. The van der Waals surface area contributed by atoms with Gasteiger partial charge in [0.1, 0.15) is 18.2 Å². The van der Waals surface area contributed by atoms with E-state index in [0.29, 0.717) is 30.5 Å². The van der Waals surface area contributed by atoms with Gasteiger partial charge in [-0.1, -0.05) is 24.3 Å². The number of fused-ring (bicyclic) bond motifs is 2. The van der Waals surface area contributed by atoms with Gasteiger partial charge in [-0.25, -0.2) is 19.2 Å². The molecule has 2 aromatic carbocycles. The van der Waals surface area contributed by atoms with Crippen molar-refractivity contribution >= 4 is 27.9 Å². The van der Waals surface area contributed by atoms with Crippen molar-refractivity contribution in [3.8, 4) is 5.88 Å². The Morgan fingerprint density at radius 2 is 1.86 bits per heavy atom. The number of carboxylic acid groups (broad SMARTS) is 1. The second kappa shape index (κ2) is 11.7. The minimum absolute atomic E-state index is 0.0740. The monoisotopic (exact) mass is 581 g/mol. The van der Waals surface area contributed by atoms with Crippen LogP contribution < -0.4 is 4.74 Å². The van der Waals surface area contributed by atoms with E-state index in [1.165, 1.54) is 6.20 Å². The lowest BCUT2D eigenvalue weighted by Gasteiger charge is -2.32. The van der Waals surface area contributed by atoms with Gasteiger partial charge in [0.25, 0.3) is 0 Å². The van der Waals surface area contributed by atoms with E-state index in [1.54, 1.807) is 18.2 Å². The Hall–Kier alpha value is -4.41. The molecule has 7 rings (SSSR count). The van der Waals surface area contributed by atoms with Crippen LogP contribution in [0, 0.1) is 5.82 Å². The third kappa shape index (κ3) is 5.68. The summed E-state index contributed by atoms with van der Waals surface area (Å²) in [6.07, 6.45) is 4.24. The molecule has 5 aromatic rings. The van der Waals surface area contributed by atoms with E-state index in [4.69, 9.17) is 19.4 Å². The zero-order chi connectivity index (χ0) is 29.3. The van der Waals surface area contributed by atoms with Crippen LogP contribution in [-0.4, -0.2) is 61.3 Å². The number of nitrogens with zero attached hydrogens (tertiary/aromatic N) is 5. The Labute approximate surface area is 247 Å². The normalized spacial score (nSPS) is 17.7. The molecule has 0 amide bonds. The summed E-state index contributed by atoms with van der Waals surface area (Å²) in [4.78, 5) is 27.8. The van der Waals surface area contributed by atoms with Crippen LogP contribution in [0.2, 0.25) is 0 Å². The molecule has 10 heteroatoms. The van der Waals surface area contributed by atoms with Crippen LogP contribution in [-0.2, 0) is 24.4 Å². The number of aromatic nitrogens is 4. The Morgan fingerprint density at radius 3 is 2.65 bits per heavy atom. The summed E-state index contributed by atoms with van der Waals surface area (Å²) in [5, 5.41) is 10.3. The lowest BCUT2D eigenvalue weighted by atomic mass is 9.93. The highest BCUT2D eigenvalue weighted by molar-refractivity contribution is 5.92. The summed E-state index contributed by atoms with van der Waals surface area (Å²) in [5.41, 5.74) is 4.07. The molecule has 0 spiro atoms. The van der Waals surface area contributed by atoms with Crippen molar-refractivity contribution in [3.05, 3.63) is 95.3 Å². The number of likely N-dealkylation sites (tertiary alicyclic amines) is 1. The third-order valence-electron chi connectivity index (χ3n) is 8.57. The van der Waals surface area contributed by atoms with Crippen LogP contribution in [0.25, 0.3) is 21.9 Å². The molecule has 0 bridgehead atoms. The molecule has 9 nitrogen and oxygen atoms in total. The molecule has 2 fully saturated rings. The van der Waals surface area contributed by atoms with E-state index < -0.39 is 11.8 Å². The highest BCUT2D eigenvalue weighted by atomic mass is 19.1. The molecule has 1 atom stereocenters. The van der Waals surface area contributed by atoms with Crippen LogP contribution in [0.15, 0.2) is 66.9 Å². The first-order valence-corrected chi connectivity index (χ1v) is 14.7. The van der Waals surface area contributed by atoms with E-state index >= 15 is 0 Å². The van der Waals surface area contributed by atoms with Gasteiger partial charge in [-0.15, -0.1) is 0 Å². The topological polar surface area (TPSA) is 103 Å². The summed E-state index contributed by atoms with van der Waals surface area (Å²) >= 11 is 0. The second-order valence-corrected chi connectivity index (χ2v) is 11.3. The lowest BCUT2D eigenvalue weighted by Crippen LogP contribution is -2.35. The third-order valence-corrected chi connectivity index (χ3v) is 8.57. The number of imidazole rings is 1. The number of aromatic carboxylic acids is 1. The van der Waals surface area contributed by atoms with Gasteiger partial charge in [-0.3, -0.25) is 9.88 Å². The number of halogens is 1. The lowest BCUT2D eigenvalue weighted by molar-refractivity contribution is -0.0592. The number of carbonyl (C=O) groups is 1. The summed E-state index contributed by atoms with van der Waals surface area (Å²) in [6, 6.07) is 18.4. The molecule has 2 aliphatic heterocycles. The van der Waals surface area contributed by atoms with Gasteiger partial charge in [-0.05, 0) is 62.7 Å². The molecule has 0 unspecified atom stereocenters. The van der Waals surface area contributed by atoms with Crippen LogP contribution >= 0.6 is 0 Å². The van der Waals surface area contributed by atoms with Crippen molar-refractivity contribution in [2.24, 2.45) is 0 Å². The second-order valence-electron chi connectivity index (χ2n) is 11.3. The summed E-state index contributed by atoms with van der Waals surface area (Å²) in [5.74, 6) is 0.361. The van der Waals surface area contributed by atoms with E-state index in [-0.39, 0.29) is 18.3 Å². The van der Waals surface area contributed by atoms with Crippen molar-refractivity contribution < 1.29 is 23.8 Å². The molecule has 5 heterocycles. The average molecular weight is 582 g/mol. The predicted octanol–water partition coefficient (Wildman–Crippen LogP) is 5.56. The number of hydrogen-bond donors (Lipinski definition) is 1. The predicted molar refractivity (Wildman–Crippen MR) is 159 cm³/mol. The minimum atomic E-state index is -0.945. The number of piperidine rings is 1. The van der Waals surface area contributed by atoms with Crippen LogP contribution in [0.1, 0.15) is 52.6 Å². The van der Waals surface area contributed by atoms with E-state index in [0.717, 1.165) is 72.4 Å². The molecular formula is C33H32FN5O4. The number of pyridine rings is 2. The summed E-state index contributed by atoms with van der Waals surface area (Å²) in [6.45, 7) is 3.95. The van der Waals surface area contributed by atoms with Gasteiger partial charge < -0.3 is 19.1 Å². The Balaban J connectivity index is 1.02. The molecule has 2 saturated heterocycles. The largest absolute Gasteiger partial charge is 0.478 e. The fourth-order valence-corrected chi connectivity index (χ4v) is 6.05. The standard InChI is InChI=1S/C33H32FN5O4/c34-26-17-35-28-5-2-1-4-24(28)25(26)20-43-32-7-3-6-27(37-32)21-10-13-38(14-11-21)19-31-36-29-9-8-22(33(40)41)16-30(29)39(31)18-23-12-15-42-23/h1-9,16-17,21,23H,10-15,18-20H2,(H,40,41)/t23-/m0/s1. The SMILES string of the molecule is O=C(O)c1ccc2nc(CN3CCC(c4cccc(OCc5c(F)cnc6ccccc56)n4)CC3)n(C[C@@H]3CCO3)c2c1. The fourth-order valence-electron chi connectivity index (χ4n) is 6.05. The highest BCUT2D eigenvalue weighted by Gasteiger charge is 2.26. The number of hydrogen-bond acceptors (Lipinski definition) is 7. The van der Waals surface area contributed by atoms with E-state index in [2.05, 4.69) is 14.5 Å². The Bertz CT molecular complexity index is 1800. The Morgan fingerprint density at radius 1 is 1.02 bits per heavy atom. The van der Waals surface area contributed by atoms with Crippen LogP contribution in [0.5, 0.6) is 5.88 Å². The maximum atomic E-state index is 14.6. The van der Waals surface area contributed by atoms with Crippen molar-refractivity contribution in [2.45, 2.75) is 51.0 Å². The van der Waals surface area contributed by atoms with Crippen molar-refractivity contribution in [1.82, 2.24) is 24.4 Å². The molecule has 0 aliphatic carbocycles. The number of rotatable bonds is 9. The number of para-hydroxylation sites is 1. The maximum absolute atomic E-state index is 14.6. The van der Waals surface area contributed by atoms with Gasteiger partial charge in [0.05, 0.1) is 47.5 Å². The smallest absolute Gasteiger partial charge is 0.335 e. The van der Waals surface area contributed by atoms with E-state index in [9.17, 15) is 14.3 Å². The van der Waals surface area contributed by atoms with Gasteiger partial charge in [-0.2, -0.15) is 0 Å². The van der Waals surface area contributed by atoms with E-state index in [1.807, 2.05) is 42.5 Å². The molecule has 1 N–H and O–H groups in total. The number of benzene rings is 2. The first kappa shape index (κ1) is 27.4. The average Bonchev–Trinajstić information content (AvgIpc) is 3.34. The van der Waals surface area contributed by atoms with Gasteiger partial charge in [0.15, 0.2) is 0 Å².